The average molecular weight is 313 g/mol. The van der Waals surface area contributed by atoms with Gasteiger partial charge in [0.05, 0.1) is 6.04 Å². The smallest absolute Gasteiger partial charge is 0.226 e. The summed E-state index contributed by atoms with van der Waals surface area (Å²) in [5, 5.41) is 3.43. The van der Waals surface area contributed by atoms with E-state index in [9.17, 15) is 4.79 Å². The zero-order valence-corrected chi connectivity index (χ0v) is 14.0. The number of hydrogen-bond acceptors (Lipinski definition) is 3. The van der Waals surface area contributed by atoms with Gasteiger partial charge in [-0.25, -0.2) is 0 Å². The summed E-state index contributed by atoms with van der Waals surface area (Å²) in [7, 11) is 2.16. The molecule has 2 aliphatic heterocycles. The van der Waals surface area contributed by atoms with Crippen molar-refractivity contribution in [3.63, 3.8) is 0 Å². The first kappa shape index (κ1) is 15.2. The van der Waals surface area contributed by atoms with Crippen molar-refractivity contribution in [2.75, 3.05) is 39.8 Å². The van der Waals surface area contributed by atoms with Gasteiger partial charge in [0.2, 0.25) is 5.91 Å². The van der Waals surface area contributed by atoms with E-state index in [1.807, 2.05) is 6.07 Å². The van der Waals surface area contributed by atoms with Gasteiger partial charge in [-0.3, -0.25) is 4.79 Å². The fraction of sp³-hybridized carbons (Fsp3) is 0.632. The second-order valence-electron chi connectivity index (χ2n) is 7.59. The lowest BCUT2D eigenvalue weighted by Gasteiger charge is -2.41. The third-order valence-electron chi connectivity index (χ3n) is 6.14. The number of benzene rings is 1. The van der Waals surface area contributed by atoms with Crippen LogP contribution in [0, 0.1) is 11.3 Å². The summed E-state index contributed by atoms with van der Waals surface area (Å²) in [5.74, 6) is 0.688. The highest BCUT2D eigenvalue weighted by molar-refractivity contribution is 5.83. The van der Waals surface area contributed by atoms with Gasteiger partial charge in [-0.05, 0) is 50.4 Å². The van der Waals surface area contributed by atoms with Crippen molar-refractivity contribution in [2.45, 2.75) is 25.3 Å². The van der Waals surface area contributed by atoms with Crippen molar-refractivity contribution in [3.8, 4) is 0 Å². The van der Waals surface area contributed by atoms with Gasteiger partial charge in [0.25, 0.3) is 0 Å². The minimum absolute atomic E-state index is 0.210. The molecule has 1 N–H and O–H groups in total. The predicted octanol–water partition coefficient (Wildman–Crippen LogP) is 1.89. The lowest BCUT2D eigenvalue weighted by molar-refractivity contribution is -0.138. The maximum Gasteiger partial charge on any atom is 0.226 e. The molecule has 124 valence electrons. The van der Waals surface area contributed by atoms with Gasteiger partial charge in [-0.2, -0.15) is 0 Å². The van der Waals surface area contributed by atoms with Crippen molar-refractivity contribution in [1.29, 1.82) is 0 Å². The quantitative estimate of drug-likeness (QED) is 0.906. The Morgan fingerprint density at radius 3 is 2.65 bits per heavy atom. The van der Waals surface area contributed by atoms with Gasteiger partial charge < -0.3 is 15.1 Å². The molecule has 4 rings (SSSR count). The van der Waals surface area contributed by atoms with E-state index in [0.29, 0.717) is 11.3 Å². The van der Waals surface area contributed by atoms with Crippen LogP contribution >= 0.6 is 0 Å². The lowest BCUT2D eigenvalue weighted by atomic mass is 9.91. The van der Waals surface area contributed by atoms with Crippen molar-refractivity contribution < 1.29 is 4.79 Å². The van der Waals surface area contributed by atoms with Gasteiger partial charge in [-0.15, -0.1) is 0 Å². The highest BCUT2D eigenvalue weighted by atomic mass is 16.2. The Hall–Kier alpha value is -1.39. The Bertz CT molecular complexity index is 567. The van der Waals surface area contributed by atoms with Crippen LogP contribution < -0.4 is 5.32 Å². The van der Waals surface area contributed by atoms with Crippen LogP contribution in [-0.4, -0.2) is 55.5 Å². The van der Waals surface area contributed by atoms with Crippen molar-refractivity contribution in [3.05, 3.63) is 35.9 Å². The number of rotatable bonds is 2. The molecule has 1 spiro atoms. The zero-order chi connectivity index (χ0) is 15.9. The molecule has 4 heteroatoms. The predicted molar refractivity (Wildman–Crippen MR) is 91.0 cm³/mol. The molecule has 0 bridgehead atoms. The van der Waals surface area contributed by atoms with Crippen LogP contribution in [0.15, 0.2) is 30.3 Å². The molecule has 1 aliphatic carbocycles. The molecule has 0 aromatic heterocycles. The van der Waals surface area contributed by atoms with Gasteiger partial charge in [0, 0.05) is 25.6 Å². The number of nitrogens with zero attached hydrogens (tertiary/aromatic N) is 2. The molecule has 23 heavy (non-hydrogen) atoms. The SMILES string of the molecule is CN1CCN(C(=O)C2CC23CCNCC3)C(c2ccccc2)C1. The van der Waals surface area contributed by atoms with E-state index < -0.39 is 0 Å². The van der Waals surface area contributed by atoms with E-state index in [1.165, 1.54) is 18.4 Å². The molecule has 3 fully saturated rings. The van der Waals surface area contributed by atoms with Crippen molar-refractivity contribution in [2.24, 2.45) is 11.3 Å². The summed E-state index contributed by atoms with van der Waals surface area (Å²) in [6.07, 6.45) is 3.46. The normalized spacial score (nSPS) is 30.4. The topological polar surface area (TPSA) is 35.6 Å². The summed E-state index contributed by atoms with van der Waals surface area (Å²) in [6, 6.07) is 10.7. The molecule has 3 aliphatic rings. The maximum absolute atomic E-state index is 13.2. The summed E-state index contributed by atoms with van der Waals surface area (Å²) in [4.78, 5) is 17.7. The molecule has 4 nitrogen and oxygen atoms in total. The number of nitrogens with one attached hydrogen (secondary N) is 1. The molecule has 1 aromatic carbocycles. The van der Waals surface area contributed by atoms with Crippen molar-refractivity contribution in [1.82, 2.24) is 15.1 Å². The first-order valence-corrected chi connectivity index (χ1v) is 8.94. The molecule has 2 heterocycles. The van der Waals surface area contributed by atoms with Gasteiger partial charge in [0.1, 0.15) is 0 Å². The average Bonchev–Trinajstić information content (AvgIpc) is 3.28. The van der Waals surface area contributed by atoms with Crippen LogP contribution in [-0.2, 0) is 4.79 Å². The molecular weight excluding hydrogens is 286 g/mol. The van der Waals surface area contributed by atoms with E-state index in [1.54, 1.807) is 0 Å². The second kappa shape index (κ2) is 5.91. The molecule has 2 atom stereocenters. The molecule has 1 amide bonds. The Labute approximate surface area is 138 Å². The minimum atomic E-state index is 0.210. The number of likely N-dealkylation sites (N-methyl/N-ethyl adjacent to an activating group) is 1. The largest absolute Gasteiger partial charge is 0.333 e. The lowest BCUT2D eigenvalue weighted by Crippen LogP contribution is -2.50. The van der Waals surface area contributed by atoms with E-state index in [0.717, 1.165) is 39.1 Å². The molecule has 2 unspecified atom stereocenters. The monoisotopic (exact) mass is 313 g/mol. The van der Waals surface area contributed by atoms with E-state index in [4.69, 9.17) is 0 Å². The number of carbonyl (C=O) groups is 1. The Morgan fingerprint density at radius 2 is 1.91 bits per heavy atom. The van der Waals surface area contributed by atoms with Gasteiger partial charge >= 0.3 is 0 Å². The molecule has 1 aromatic rings. The van der Waals surface area contributed by atoms with Crippen LogP contribution in [0.4, 0.5) is 0 Å². The van der Waals surface area contributed by atoms with E-state index >= 15 is 0 Å². The number of amides is 1. The summed E-state index contributed by atoms with van der Waals surface area (Å²) < 4.78 is 0. The fourth-order valence-electron chi connectivity index (χ4n) is 4.52. The third kappa shape index (κ3) is 2.79. The number of piperazine rings is 1. The highest BCUT2D eigenvalue weighted by Crippen LogP contribution is 2.59. The molecule has 0 radical (unpaired) electrons. The maximum atomic E-state index is 13.2. The second-order valence-corrected chi connectivity index (χ2v) is 7.59. The van der Waals surface area contributed by atoms with Gasteiger partial charge in [0.15, 0.2) is 0 Å². The highest BCUT2D eigenvalue weighted by Gasteiger charge is 2.59. The zero-order valence-electron chi connectivity index (χ0n) is 14.0. The standard InChI is InChI=1S/C19H27N3O/c1-21-11-12-22(17(14-21)15-5-3-2-4-6-15)18(23)16-13-19(16)7-9-20-10-8-19/h2-6,16-17,20H,7-14H2,1H3. The number of piperidine rings is 1. The van der Waals surface area contributed by atoms with E-state index in [-0.39, 0.29) is 12.0 Å². The van der Waals surface area contributed by atoms with Crippen LogP contribution in [0.2, 0.25) is 0 Å². The van der Waals surface area contributed by atoms with Crippen LogP contribution in [0.25, 0.3) is 0 Å². The Balaban J connectivity index is 1.53. The summed E-state index contributed by atoms with van der Waals surface area (Å²) in [6.45, 7) is 4.94. The molecular formula is C19H27N3O. The molecule has 1 saturated carbocycles. The summed E-state index contributed by atoms with van der Waals surface area (Å²) >= 11 is 0. The number of carbonyl (C=O) groups excluding carboxylic acids is 1. The molecule has 2 saturated heterocycles. The number of hydrogen-bond donors (Lipinski definition) is 1. The van der Waals surface area contributed by atoms with E-state index in [2.05, 4.69) is 46.4 Å². The Kier molecular flexibility index (Phi) is 3.90. The Morgan fingerprint density at radius 1 is 1.17 bits per heavy atom. The van der Waals surface area contributed by atoms with Crippen LogP contribution in [0.5, 0.6) is 0 Å². The fourth-order valence-corrected chi connectivity index (χ4v) is 4.52. The summed E-state index contributed by atoms with van der Waals surface area (Å²) in [5.41, 5.74) is 1.60. The van der Waals surface area contributed by atoms with Gasteiger partial charge in [-0.1, -0.05) is 30.3 Å². The van der Waals surface area contributed by atoms with Crippen LogP contribution in [0.3, 0.4) is 0 Å². The van der Waals surface area contributed by atoms with Crippen molar-refractivity contribution >= 4 is 5.91 Å². The first-order valence-electron chi connectivity index (χ1n) is 8.94. The van der Waals surface area contributed by atoms with Crippen LogP contribution in [0.1, 0.15) is 30.9 Å². The first-order chi connectivity index (χ1) is 11.2. The minimum Gasteiger partial charge on any atom is -0.333 e. The third-order valence-corrected chi connectivity index (χ3v) is 6.14.